The third-order valence-corrected chi connectivity index (χ3v) is 3.50. The van der Waals surface area contributed by atoms with Gasteiger partial charge in [0.25, 0.3) is 0 Å². The first kappa shape index (κ1) is 12.2. The van der Waals surface area contributed by atoms with Crippen molar-refractivity contribution < 1.29 is 19.4 Å². The van der Waals surface area contributed by atoms with E-state index in [9.17, 15) is 14.7 Å². The fraction of sp³-hybridized carbons (Fsp3) is 0.818. The molecule has 2 aliphatic heterocycles. The molecule has 2 N–H and O–H groups in total. The molecule has 0 aliphatic carbocycles. The van der Waals surface area contributed by atoms with Crippen LogP contribution in [0.5, 0.6) is 0 Å². The van der Waals surface area contributed by atoms with Gasteiger partial charge in [-0.05, 0) is 12.8 Å². The summed E-state index contributed by atoms with van der Waals surface area (Å²) in [4.78, 5) is 25.0. The van der Waals surface area contributed by atoms with Crippen LogP contribution in [0.15, 0.2) is 0 Å². The van der Waals surface area contributed by atoms with E-state index in [1.54, 1.807) is 4.90 Å². The minimum Gasteiger partial charge on any atom is -0.480 e. The molecule has 2 fully saturated rings. The second-order valence-corrected chi connectivity index (χ2v) is 4.62. The summed E-state index contributed by atoms with van der Waals surface area (Å²) in [6.45, 7) is 2.20. The van der Waals surface area contributed by atoms with E-state index in [-0.39, 0.29) is 6.03 Å². The van der Waals surface area contributed by atoms with E-state index >= 15 is 0 Å². The van der Waals surface area contributed by atoms with Gasteiger partial charge >= 0.3 is 12.0 Å². The van der Waals surface area contributed by atoms with E-state index in [1.165, 1.54) is 0 Å². The van der Waals surface area contributed by atoms with Crippen LogP contribution < -0.4 is 5.32 Å². The molecule has 0 spiro atoms. The van der Waals surface area contributed by atoms with Crippen molar-refractivity contribution in [3.05, 3.63) is 0 Å². The lowest BCUT2D eigenvalue weighted by atomic mass is 9.90. The molecule has 2 aliphatic rings. The third-order valence-electron chi connectivity index (χ3n) is 3.50. The Kier molecular flexibility index (Phi) is 3.51. The van der Waals surface area contributed by atoms with Gasteiger partial charge in [-0.3, -0.25) is 0 Å². The average molecular weight is 242 g/mol. The second kappa shape index (κ2) is 4.91. The van der Waals surface area contributed by atoms with Gasteiger partial charge in [0.2, 0.25) is 0 Å². The Morgan fingerprint density at radius 3 is 2.29 bits per heavy atom. The monoisotopic (exact) mass is 242 g/mol. The van der Waals surface area contributed by atoms with Crippen LogP contribution in [0.1, 0.15) is 25.7 Å². The molecule has 6 nitrogen and oxygen atoms in total. The molecule has 0 bridgehead atoms. The highest BCUT2D eigenvalue weighted by atomic mass is 16.5. The van der Waals surface area contributed by atoms with Crippen LogP contribution in [0.25, 0.3) is 0 Å². The SMILES string of the molecule is O=C(NC1(C(=O)O)CCOCC1)N1CCCC1. The van der Waals surface area contributed by atoms with E-state index in [2.05, 4.69) is 5.32 Å². The van der Waals surface area contributed by atoms with Crippen molar-refractivity contribution in [3.63, 3.8) is 0 Å². The van der Waals surface area contributed by atoms with Gasteiger partial charge in [0.15, 0.2) is 0 Å². The summed E-state index contributed by atoms with van der Waals surface area (Å²) in [5, 5.41) is 12.0. The number of ether oxygens (including phenoxy) is 1. The van der Waals surface area contributed by atoms with Crippen molar-refractivity contribution >= 4 is 12.0 Å². The van der Waals surface area contributed by atoms with Crippen LogP contribution in [-0.4, -0.2) is 53.8 Å². The van der Waals surface area contributed by atoms with Crippen molar-refractivity contribution in [2.45, 2.75) is 31.2 Å². The van der Waals surface area contributed by atoms with Crippen LogP contribution in [0.4, 0.5) is 4.79 Å². The molecule has 0 saturated carbocycles. The summed E-state index contributed by atoms with van der Waals surface area (Å²) in [5.41, 5.74) is -1.14. The maximum atomic E-state index is 11.9. The molecule has 0 aromatic carbocycles. The first-order chi connectivity index (χ1) is 8.14. The van der Waals surface area contributed by atoms with Gasteiger partial charge in [-0.15, -0.1) is 0 Å². The average Bonchev–Trinajstić information content (AvgIpc) is 2.83. The van der Waals surface area contributed by atoms with Gasteiger partial charge in [-0.1, -0.05) is 0 Å². The standard InChI is InChI=1S/C11H18N2O4/c14-9(15)11(3-7-17-8-4-11)12-10(16)13-5-1-2-6-13/h1-8H2,(H,12,16)(H,14,15). The van der Waals surface area contributed by atoms with Crippen LogP contribution in [0.3, 0.4) is 0 Å². The van der Waals surface area contributed by atoms with E-state index < -0.39 is 11.5 Å². The topological polar surface area (TPSA) is 78.9 Å². The van der Waals surface area contributed by atoms with Crippen LogP contribution in [-0.2, 0) is 9.53 Å². The van der Waals surface area contributed by atoms with Crippen molar-refractivity contribution in [1.29, 1.82) is 0 Å². The summed E-state index contributed by atoms with van der Waals surface area (Å²) >= 11 is 0. The number of aliphatic carboxylic acids is 1. The molecule has 0 atom stereocenters. The smallest absolute Gasteiger partial charge is 0.329 e. The lowest BCUT2D eigenvalue weighted by Gasteiger charge is -2.35. The number of likely N-dealkylation sites (tertiary alicyclic amines) is 1. The first-order valence-electron chi connectivity index (χ1n) is 6.02. The van der Waals surface area contributed by atoms with E-state index in [1.807, 2.05) is 0 Å². The number of rotatable bonds is 2. The molecule has 0 unspecified atom stereocenters. The van der Waals surface area contributed by atoms with E-state index in [0.29, 0.717) is 26.1 Å². The van der Waals surface area contributed by atoms with Crippen molar-refractivity contribution in [2.75, 3.05) is 26.3 Å². The summed E-state index contributed by atoms with van der Waals surface area (Å²) < 4.78 is 5.15. The van der Waals surface area contributed by atoms with Gasteiger partial charge in [0.05, 0.1) is 0 Å². The number of urea groups is 1. The lowest BCUT2D eigenvalue weighted by Crippen LogP contribution is -2.59. The number of carbonyl (C=O) groups is 2. The minimum absolute atomic E-state index is 0.258. The van der Waals surface area contributed by atoms with Crippen molar-refractivity contribution in [2.24, 2.45) is 0 Å². The molecule has 2 heterocycles. The molecule has 17 heavy (non-hydrogen) atoms. The van der Waals surface area contributed by atoms with Crippen LogP contribution in [0.2, 0.25) is 0 Å². The zero-order valence-corrected chi connectivity index (χ0v) is 9.78. The number of hydrogen-bond acceptors (Lipinski definition) is 3. The first-order valence-corrected chi connectivity index (χ1v) is 6.02. The number of carboxylic acid groups (broad SMARTS) is 1. The summed E-state index contributed by atoms with van der Waals surface area (Å²) in [6, 6.07) is -0.258. The molecular formula is C11H18N2O4. The number of carboxylic acids is 1. The summed E-state index contributed by atoms with van der Waals surface area (Å²) in [7, 11) is 0. The van der Waals surface area contributed by atoms with Crippen molar-refractivity contribution in [3.8, 4) is 0 Å². The maximum absolute atomic E-state index is 11.9. The number of nitrogens with one attached hydrogen (secondary N) is 1. The Bertz CT molecular complexity index is 307. The third kappa shape index (κ3) is 2.52. The normalized spacial score (nSPS) is 23.4. The number of nitrogens with zero attached hydrogens (tertiary/aromatic N) is 1. The number of amides is 2. The summed E-state index contributed by atoms with van der Waals surface area (Å²) in [6.07, 6.45) is 2.66. The fourth-order valence-electron chi connectivity index (χ4n) is 2.32. The van der Waals surface area contributed by atoms with Gasteiger partial charge < -0.3 is 20.1 Å². The summed E-state index contributed by atoms with van der Waals surface area (Å²) in [5.74, 6) is -0.964. The Labute approximate surface area is 99.9 Å². The molecule has 0 aromatic rings. The van der Waals surface area contributed by atoms with Gasteiger partial charge in [-0.25, -0.2) is 9.59 Å². The lowest BCUT2D eigenvalue weighted by molar-refractivity contribution is -0.148. The molecule has 0 aromatic heterocycles. The van der Waals surface area contributed by atoms with Gasteiger partial charge in [0.1, 0.15) is 5.54 Å². The molecule has 2 rings (SSSR count). The van der Waals surface area contributed by atoms with Gasteiger partial charge in [0, 0.05) is 39.1 Å². The number of hydrogen-bond donors (Lipinski definition) is 2. The minimum atomic E-state index is -1.14. The Hall–Kier alpha value is -1.30. The molecule has 2 saturated heterocycles. The van der Waals surface area contributed by atoms with Gasteiger partial charge in [-0.2, -0.15) is 0 Å². The fourth-order valence-corrected chi connectivity index (χ4v) is 2.32. The van der Waals surface area contributed by atoms with E-state index in [4.69, 9.17) is 4.74 Å². The molecule has 96 valence electrons. The zero-order chi connectivity index (χ0) is 12.3. The number of carbonyl (C=O) groups excluding carboxylic acids is 1. The molecule has 2 amide bonds. The highest BCUT2D eigenvalue weighted by Gasteiger charge is 2.42. The largest absolute Gasteiger partial charge is 0.480 e. The predicted molar refractivity (Wildman–Crippen MR) is 59.8 cm³/mol. The molecule has 6 heteroatoms. The van der Waals surface area contributed by atoms with E-state index in [0.717, 1.165) is 25.9 Å². The molecule has 0 radical (unpaired) electrons. The quantitative estimate of drug-likeness (QED) is 0.735. The Morgan fingerprint density at radius 2 is 1.76 bits per heavy atom. The highest BCUT2D eigenvalue weighted by Crippen LogP contribution is 2.22. The zero-order valence-electron chi connectivity index (χ0n) is 9.78. The molecular weight excluding hydrogens is 224 g/mol. The maximum Gasteiger partial charge on any atom is 0.329 e. The van der Waals surface area contributed by atoms with Crippen LogP contribution in [0, 0.1) is 0 Å². The van der Waals surface area contributed by atoms with Crippen molar-refractivity contribution in [1.82, 2.24) is 10.2 Å². The highest BCUT2D eigenvalue weighted by molar-refractivity contribution is 5.86. The Balaban J connectivity index is 2.01. The Morgan fingerprint density at radius 1 is 1.18 bits per heavy atom. The second-order valence-electron chi connectivity index (χ2n) is 4.62. The predicted octanol–water partition coefficient (Wildman–Crippen LogP) is 0.426. The van der Waals surface area contributed by atoms with Crippen LogP contribution >= 0.6 is 0 Å².